The van der Waals surface area contributed by atoms with Crippen LogP contribution < -0.4 is 5.32 Å². The van der Waals surface area contributed by atoms with Crippen LogP contribution in [0.4, 0.5) is 5.69 Å². The lowest BCUT2D eigenvalue weighted by Crippen LogP contribution is -2.14. The molecule has 0 fully saturated rings. The lowest BCUT2D eigenvalue weighted by molar-refractivity contribution is 0.101. The number of halogens is 2. The molecule has 18 heavy (non-hydrogen) atoms. The lowest BCUT2D eigenvalue weighted by atomic mass is 10.2. The van der Waals surface area contributed by atoms with Gasteiger partial charge in [0, 0.05) is 18.6 Å². The maximum atomic E-state index is 11.9. The second-order valence-corrected chi connectivity index (χ2v) is 4.30. The number of anilines is 1. The summed E-state index contributed by atoms with van der Waals surface area (Å²) in [6, 6.07) is 5.05. The molecule has 0 atom stereocenters. The smallest absolute Gasteiger partial charge is 0.184 e. The number of aromatic nitrogens is 2. The zero-order chi connectivity index (χ0) is 13.0. The number of pyridine rings is 2. The SMILES string of the molecule is O=C(CNc1cccnc1)c1cnc(Cl)cc1Cl. The molecule has 0 aliphatic heterocycles. The van der Waals surface area contributed by atoms with Gasteiger partial charge in [0.05, 0.1) is 22.8 Å². The summed E-state index contributed by atoms with van der Waals surface area (Å²) in [5.41, 5.74) is 1.11. The largest absolute Gasteiger partial charge is 0.376 e. The second kappa shape index (κ2) is 5.80. The van der Waals surface area contributed by atoms with Crippen molar-refractivity contribution in [1.82, 2.24) is 9.97 Å². The van der Waals surface area contributed by atoms with E-state index < -0.39 is 0 Å². The van der Waals surface area contributed by atoms with Crippen LogP contribution >= 0.6 is 23.2 Å². The van der Waals surface area contributed by atoms with Crippen molar-refractivity contribution in [1.29, 1.82) is 0 Å². The van der Waals surface area contributed by atoms with Gasteiger partial charge in [-0.25, -0.2) is 4.98 Å². The normalized spacial score (nSPS) is 10.1. The van der Waals surface area contributed by atoms with Gasteiger partial charge in [-0.05, 0) is 18.2 Å². The number of Topliss-reactive ketones (excluding diaryl/α,β-unsaturated/α-hetero) is 1. The molecule has 0 saturated carbocycles. The molecule has 0 aliphatic rings. The van der Waals surface area contributed by atoms with E-state index in [1.54, 1.807) is 18.5 Å². The predicted molar refractivity (Wildman–Crippen MR) is 71.3 cm³/mol. The summed E-state index contributed by atoms with van der Waals surface area (Å²) < 4.78 is 0. The fourth-order valence-corrected chi connectivity index (χ4v) is 1.83. The van der Waals surface area contributed by atoms with Crippen LogP contribution in [0.25, 0.3) is 0 Å². The first-order valence-corrected chi connectivity index (χ1v) is 5.90. The van der Waals surface area contributed by atoms with E-state index in [0.717, 1.165) is 5.69 Å². The van der Waals surface area contributed by atoms with Gasteiger partial charge in [0.25, 0.3) is 0 Å². The highest BCUT2D eigenvalue weighted by Crippen LogP contribution is 2.19. The number of carbonyl (C=O) groups excluding carboxylic acids is 1. The van der Waals surface area contributed by atoms with Crippen LogP contribution in [-0.2, 0) is 0 Å². The first-order valence-electron chi connectivity index (χ1n) is 5.15. The molecule has 2 aromatic heterocycles. The quantitative estimate of drug-likeness (QED) is 0.691. The van der Waals surface area contributed by atoms with Crippen molar-refractivity contribution in [3.8, 4) is 0 Å². The van der Waals surface area contributed by atoms with Crippen LogP contribution in [0.2, 0.25) is 10.2 Å². The highest BCUT2D eigenvalue weighted by molar-refractivity contribution is 6.36. The Balaban J connectivity index is 2.04. The first kappa shape index (κ1) is 12.8. The molecule has 0 unspecified atom stereocenters. The molecular weight excluding hydrogens is 273 g/mol. The molecule has 2 heterocycles. The number of nitrogens with zero attached hydrogens (tertiary/aromatic N) is 2. The first-order chi connectivity index (χ1) is 8.66. The van der Waals surface area contributed by atoms with Gasteiger partial charge in [0.1, 0.15) is 5.15 Å². The van der Waals surface area contributed by atoms with Crippen molar-refractivity contribution in [2.24, 2.45) is 0 Å². The van der Waals surface area contributed by atoms with Crippen molar-refractivity contribution in [3.63, 3.8) is 0 Å². The van der Waals surface area contributed by atoms with Crippen LogP contribution in [0.3, 0.4) is 0 Å². The van der Waals surface area contributed by atoms with Crippen molar-refractivity contribution < 1.29 is 4.79 Å². The van der Waals surface area contributed by atoms with Crippen molar-refractivity contribution >= 4 is 34.7 Å². The molecule has 2 aromatic rings. The monoisotopic (exact) mass is 281 g/mol. The van der Waals surface area contributed by atoms with Crippen LogP contribution in [0.15, 0.2) is 36.8 Å². The highest BCUT2D eigenvalue weighted by atomic mass is 35.5. The van der Waals surface area contributed by atoms with Gasteiger partial charge >= 0.3 is 0 Å². The number of nitrogens with one attached hydrogen (secondary N) is 1. The van der Waals surface area contributed by atoms with E-state index in [2.05, 4.69) is 15.3 Å². The van der Waals surface area contributed by atoms with Crippen LogP contribution in [0, 0.1) is 0 Å². The minimum atomic E-state index is -0.159. The highest BCUT2D eigenvalue weighted by Gasteiger charge is 2.11. The third-order valence-electron chi connectivity index (χ3n) is 2.24. The van der Waals surface area contributed by atoms with Gasteiger partial charge in [-0.1, -0.05) is 23.2 Å². The Hall–Kier alpha value is -1.65. The molecule has 0 aromatic carbocycles. The van der Waals surface area contributed by atoms with E-state index in [0.29, 0.717) is 10.6 Å². The zero-order valence-corrected chi connectivity index (χ0v) is 10.7. The van der Waals surface area contributed by atoms with Gasteiger partial charge in [-0.15, -0.1) is 0 Å². The fourth-order valence-electron chi connectivity index (χ4n) is 1.36. The standard InChI is InChI=1S/C12H9Cl2N3O/c13-10-4-12(14)17-6-9(10)11(18)7-16-8-2-1-3-15-5-8/h1-6,16H,7H2. The number of rotatable bonds is 4. The van der Waals surface area contributed by atoms with Crippen LogP contribution in [-0.4, -0.2) is 22.3 Å². The summed E-state index contributed by atoms with van der Waals surface area (Å²) in [5.74, 6) is -0.159. The summed E-state index contributed by atoms with van der Waals surface area (Å²) in [5, 5.41) is 3.51. The van der Waals surface area contributed by atoms with Gasteiger partial charge in [0.2, 0.25) is 0 Å². The predicted octanol–water partition coefficient (Wildman–Crippen LogP) is 3.08. The van der Waals surface area contributed by atoms with E-state index in [9.17, 15) is 4.79 Å². The van der Waals surface area contributed by atoms with Crippen LogP contribution in [0.1, 0.15) is 10.4 Å². The summed E-state index contributed by atoms with van der Waals surface area (Å²) in [4.78, 5) is 19.7. The molecule has 6 heteroatoms. The average molecular weight is 282 g/mol. The van der Waals surface area contributed by atoms with E-state index in [1.165, 1.54) is 12.3 Å². The van der Waals surface area contributed by atoms with E-state index in [-0.39, 0.29) is 17.5 Å². The minimum Gasteiger partial charge on any atom is -0.376 e. The number of hydrogen-bond acceptors (Lipinski definition) is 4. The Morgan fingerprint density at radius 2 is 2.17 bits per heavy atom. The van der Waals surface area contributed by atoms with Gasteiger partial charge in [-0.2, -0.15) is 0 Å². The van der Waals surface area contributed by atoms with Gasteiger partial charge in [0.15, 0.2) is 5.78 Å². The van der Waals surface area contributed by atoms with Crippen molar-refractivity contribution in [2.45, 2.75) is 0 Å². The Bertz CT molecular complexity index is 561. The number of hydrogen-bond donors (Lipinski definition) is 1. The Labute approximate surface area is 114 Å². The molecule has 0 radical (unpaired) electrons. The molecule has 0 spiro atoms. The summed E-state index contributed by atoms with van der Waals surface area (Å²) in [6.45, 7) is 0.120. The molecule has 2 rings (SSSR count). The van der Waals surface area contributed by atoms with Gasteiger partial charge < -0.3 is 5.32 Å². The zero-order valence-electron chi connectivity index (χ0n) is 9.23. The molecule has 0 saturated heterocycles. The van der Waals surface area contributed by atoms with E-state index in [1.807, 2.05) is 6.07 Å². The van der Waals surface area contributed by atoms with Crippen molar-refractivity contribution in [2.75, 3.05) is 11.9 Å². The molecule has 0 aliphatic carbocycles. The number of ketones is 1. The Morgan fingerprint density at radius 3 is 2.83 bits per heavy atom. The Kier molecular flexibility index (Phi) is 4.12. The lowest BCUT2D eigenvalue weighted by Gasteiger charge is -2.06. The van der Waals surface area contributed by atoms with Gasteiger partial charge in [-0.3, -0.25) is 9.78 Å². The molecule has 4 nitrogen and oxygen atoms in total. The van der Waals surface area contributed by atoms with E-state index >= 15 is 0 Å². The van der Waals surface area contributed by atoms with Crippen molar-refractivity contribution in [3.05, 3.63) is 52.5 Å². The Morgan fingerprint density at radius 1 is 1.33 bits per heavy atom. The average Bonchev–Trinajstić information content (AvgIpc) is 2.37. The summed E-state index contributed by atoms with van der Waals surface area (Å²) in [7, 11) is 0. The summed E-state index contributed by atoms with van der Waals surface area (Å²) in [6.07, 6.45) is 4.67. The topological polar surface area (TPSA) is 54.9 Å². The minimum absolute atomic E-state index is 0.120. The van der Waals surface area contributed by atoms with E-state index in [4.69, 9.17) is 23.2 Å². The molecule has 0 bridgehead atoms. The van der Waals surface area contributed by atoms with Crippen LogP contribution in [0.5, 0.6) is 0 Å². The second-order valence-electron chi connectivity index (χ2n) is 3.51. The summed E-state index contributed by atoms with van der Waals surface area (Å²) >= 11 is 11.6. The molecule has 1 N–H and O–H groups in total. The maximum Gasteiger partial charge on any atom is 0.184 e. The third-order valence-corrected chi connectivity index (χ3v) is 2.75. The molecule has 0 amide bonds. The number of carbonyl (C=O) groups is 1. The fraction of sp³-hybridized carbons (Fsp3) is 0.0833. The molecule has 92 valence electrons. The maximum absolute atomic E-state index is 11.9. The third kappa shape index (κ3) is 3.18. The molecular formula is C12H9Cl2N3O.